The average molecular weight is 520 g/mol. The standard InChI is InChI=1S/C23H41N3O8S/c1-15(2)13-18(26-23(30)34-12-6-9-16-7-4-3-5-8-16)21(28)25-19(22(29)35(31,32)33)14-17-10-11-24-20(17)27/h15-19,22,29H,3-14H2,1-2H3,(H,24,27)(H,25,28)(H,26,30)(H,31,32,33)/t17-,18?,19?,22?/m0/s1. The second kappa shape index (κ2) is 14.0. The lowest BCUT2D eigenvalue weighted by Crippen LogP contribution is -2.55. The lowest BCUT2D eigenvalue weighted by Gasteiger charge is -2.27. The predicted octanol–water partition coefficient (Wildman–Crippen LogP) is 1.71. The van der Waals surface area contributed by atoms with Crippen LogP contribution >= 0.6 is 0 Å². The molecule has 1 saturated heterocycles. The van der Waals surface area contributed by atoms with E-state index in [2.05, 4.69) is 16.0 Å². The summed E-state index contributed by atoms with van der Waals surface area (Å²) in [7, 11) is -4.91. The highest BCUT2D eigenvalue weighted by Gasteiger charge is 2.37. The van der Waals surface area contributed by atoms with Gasteiger partial charge in [0.1, 0.15) is 6.04 Å². The monoisotopic (exact) mass is 519 g/mol. The molecule has 2 rings (SSSR count). The minimum atomic E-state index is -4.91. The van der Waals surface area contributed by atoms with Crippen LogP contribution in [0.5, 0.6) is 0 Å². The molecule has 0 bridgehead atoms. The van der Waals surface area contributed by atoms with Gasteiger partial charge in [-0.2, -0.15) is 8.42 Å². The first kappa shape index (κ1) is 29.3. The summed E-state index contributed by atoms with van der Waals surface area (Å²) in [6.07, 6.45) is 7.64. The van der Waals surface area contributed by atoms with Crippen molar-refractivity contribution in [1.29, 1.82) is 0 Å². The SMILES string of the molecule is CC(C)CC(NC(=O)OCCCC1CCCCC1)C(=O)NC(C[C@@H]1CCNC1=O)C(O)S(=O)(=O)O. The van der Waals surface area contributed by atoms with E-state index in [1.54, 1.807) is 0 Å². The molecule has 3 unspecified atom stereocenters. The van der Waals surface area contributed by atoms with Crippen molar-refractivity contribution < 1.29 is 37.2 Å². The van der Waals surface area contributed by atoms with Crippen LogP contribution in [0.25, 0.3) is 0 Å². The van der Waals surface area contributed by atoms with Crippen molar-refractivity contribution in [3.63, 3.8) is 0 Å². The van der Waals surface area contributed by atoms with Crippen LogP contribution in [-0.2, 0) is 24.4 Å². The number of amides is 3. The van der Waals surface area contributed by atoms with Crippen LogP contribution < -0.4 is 16.0 Å². The van der Waals surface area contributed by atoms with Crippen LogP contribution in [0, 0.1) is 17.8 Å². The van der Waals surface area contributed by atoms with Gasteiger partial charge < -0.3 is 25.8 Å². The molecule has 2 fully saturated rings. The first-order chi connectivity index (χ1) is 16.5. The number of ether oxygens (including phenoxy) is 1. The van der Waals surface area contributed by atoms with E-state index in [0.29, 0.717) is 18.9 Å². The predicted molar refractivity (Wildman–Crippen MR) is 129 cm³/mol. The molecule has 35 heavy (non-hydrogen) atoms. The molecule has 2 aliphatic rings. The van der Waals surface area contributed by atoms with E-state index in [-0.39, 0.29) is 31.3 Å². The van der Waals surface area contributed by atoms with Gasteiger partial charge in [-0.15, -0.1) is 0 Å². The van der Waals surface area contributed by atoms with Crippen molar-refractivity contribution in [3.05, 3.63) is 0 Å². The molecule has 1 saturated carbocycles. The van der Waals surface area contributed by atoms with Crippen LogP contribution in [-0.4, -0.2) is 66.7 Å². The fraction of sp³-hybridized carbons (Fsp3) is 0.870. The summed E-state index contributed by atoms with van der Waals surface area (Å²) in [5, 5.41) is 17.7. The van der Waals surface area contributed by atoms with Gasteiger partial charge in [0.2, 0.25) is 17.3 Å². The van der Waals surface area contributed by atoms with Gasteiger partial charge in [0.25, 0.3) is 10.1 Å². The summed E-state index contributed by atoms with van der Waals surface area (Å²) in [6, 6.07) is -2.48. The van der Waals surface area contributed by atoms with Crippen molar-refractivity contribution in [3.8, 4) is 0 Å². The topological polar surface area (TPSA) is 171 Å². The van der Waals surface area contributed by atoms with E-state index in [1.807, 2.05) is 13.8 Å². The van der Waals surface area contributed by atoms with Gasteiger partial charge in [0.15, 0.2) is 0 Å². The molecular formula is C23H41N3O8S. The summed E-state index contributed by atoms with van der Waals surface area (Å²) in [4.78, 5) is 37.2. The number of aliphatic hydroxyl groups is 1. The van der Waals surface area contributed by atoms with Gasteiger partial charge in [-0.25, -0.2) is 4.79 Å². The second-order valence-corrected chi connectivity index (χ2v) is 11.7. The summed E-state index contributed by atoms with van der Waals surface area (Å²) in [6.45, 7) is 4.34. The Morgan fingerprint density at radius 2 is 1.83 bits per heavy atom. The number of hydrogen-bond donors (Lipinski definition) is 5. The smallest absolute Gasteiger partial charge is 0.407 e. The van der Waals surface area contributed by atoms with E-state index in [1.165, 1.54) is 32.1 Å². The third-order valence-electron chi connectivity index (χ3n) is 6.71. The quantitative estimate of drug-likeness (QED) is 0.181. The van der Waals surface area contributed by atoms with E-state index in [0.717, 1.165) is 12.8 Å². The van der Waals surface area contributed by atoms with Crippen molar-refractivity contribution in [2.45, 2.75) is 95.6 Å². The van der Waals surface area contributed by atoms with Crippen molar-refractivity contribution in [1.82, 2.24) is 16.0 Å². The van der Waals surface area contributed by atoms with Gasteiger partial charge in [-0.05, 0) is 43.9 Å². The summed E-state index contributed by atoms with van der Waals surface area (Å²) in [5.74, 6) is -1.00. The maximum Gasteiger partial charge on any atom is 0.407 e. The molecule has 1 aliphatic carbocycles. The third-order valence-corrected chi connectivity index (χ3v) is 7.65. The highest BCUT2D eigenvalue weighted by molar-refractivity contribution is 7.86. The van der Waals surface area contributed by atoms with Crippen LogP contribution in [0.3, 0.4) is 0 Å². The minimum absolute atomic E-state index is 0.00269. The zero-order valence-corrected chi connectivity index (χ0v) is 21.5. The Balaban J connectivity index is 1.94. The van der Waals surface area contributed by atoms with Crippen molar-refractivity contribution >= 4 is 28.0 Å². The lowest BCUT2D eigenvalue weighted by molar-refractivity contribution is -0.126. The Morgan fingerprint density at radius 3 is 2.40 bits per heavy atom. The lowest BCUT2D eigenvalue weighted by atomic mass is 9.86. The Hall–Kier alpha value is -1.92. The summed E-state index contributed by atoms with van der Waals surface area (Å²) >= 11 is 0. The van der Waals surface area contributed by atoms with Crippen LogP contribution in [0.1, 0.15) is 78.1 Å². The molecule has 0 aromatic heterocycles. The first-order valence-electron chi connectivity index (χ1n) is 12.6. The minimum Gasteiger partial charge on any atom is -0.450 e. The number of carbonyl (C=O) groups is 3. The van der Waals surface area contributed by atoms with E-state index in [4.69, 9.17) is 4.74 Å². The molecule has 5 N–H and O–H groups in total. The molecule has 1 aliphatic heterocycles. The highest BCUT2D eigenvalue weighted by Crippen LogP contribution is 2.27. The Labute approximate surface area is 207 Å². The zero-order valence-electron chi connectivity index (χ0n) is 20.7. The normalized spacial score (nSPS) is 21.7. The fourth-order valence-corrected chi connectivity index (χ4v) is 5.41. The molecule has 4 atom stereocenters. The fourth-order valence-electron chi connectivity index (χ4n) is 4.81. The number of hydrogen-bond acceptors (Lipinski definition) is 7. The number of alkyl carbamates (subject to hydrolysis) is 1. The highest BCUT2D eigenvalue weighted by atomic mass is 32.2. The van der Waals surface area contributed by atoms with Crippen molar-refractivity contribution in [2.24, 2.45) is 17.8 Å². The molecule has 202 valence electrons. The maximum absolute atomic E-state index is 13.0. The van der Waals surface area contributed by atoms with Crippen LogP contribution in [0.2, 0.25) is 0 Å². The van der Waals surface area contributed by atoms with Gasteiger partial charge in [0, 0.05) is 12.5 Å². The summed E-state index contributed by atoms with van der Waals surface area (Å²) in [5.41, 5.74) is -2.31. The molecule has 0 spiro atoms. The largest absolute Gasteiger partial charge is 0.450 e. The zero-order chi connectivity index (χ0) is 26.0. The molecule has 12 heteroatoms. The first-order valence-corrected chi connectivity index (χ1v) is 14.1. The molecule has 1 heterocycles. The average Bonchev–Trinajstić information content (AvgIpc) is 3.19. The van der Waals surface area contributed by atoms with Gasteiger partial charge >= 0.3 is 6.09 Å². The molecular weight excluding hydrogens is 478 g/mol. The summed E-state index contributed by atoms with van der Waals surface area (Å²) < 4.78 is 37.7. The number of aliphatic hydroxyl groups excluding tert-OH is 1. The van der Waals surface area contributed by atoms with E-state index >= 15 is 0 Å². The molecule has 3 amide bonds. The number of nitrogens with one attached hydrogen (secondary N) is 3. The van der Waals surface area contributed by atoms with Gasteiger partial charge in [-0.1, -0.05) is 46.0 Å². The molecule has 0 radical (unpaired) electrons. The number of rotatable bonds is 13. The van der Waals surface area contributed by atoms with Crippen LogP contribution in [0.15, 0.2) is 0 Å². The molecule has 11 nitrogen and oxygen atoms in total. The van der Waals surface area contributed by atoms with E-state index in [9.17, 15) is 32.5 Å². The Bertz CT molecular complexity index is 814. The third kappa shape index (κ3) is 10.3. The van der Waals surface area contributed by atoms with Crippen molar-refractivity contribution in [2.75, 3.05) is 13.2 Å². The van der Waals surface area contributed by atoms with Gasteiger partial charge in [-0.3, -0.25) is 14.1 Å². The molecule has 0 aromatic carbocycles. The maximum atomic E-state index is 13.0. The van der Waals surface area contributed by atoms with Crippen LogP contribution in [0.4, 0.5) is 4.79 Å². The molecule has 0 aromatic rings. The Kier molecular flexibility index (Phi) is 11.7. The van der Waals surface area contributed by atoms with E-state index < -0.39 is 45.6 Å². The number of carbonyl (C=O) groups excluding carboxylic acids is 3. The second-order valence-electron chi connectivity index (χ2n) is 10.1. The Morgan fingerprint density at radius 1 is 1.14 bits per heavy atom. The van der Waals surface area contributed by atoms with Gasteiger partial charge in [0.05, 0.1) is 12.6 Å².